The first-order valence-electron chi connectivity index (χ1n) is 8.85. The number of anilines is 1. The maximum atomic E-state index is 12.4. The summed E-state index contributed by atoms with van der Waals surface area (Å²) in [5.41, 5.74) is 4.88. The molecule has 4 aromatic rings. The second-order valence-electron chi connectivity index (χ2n) is 6.48. The van der Waals surface area contributed by atoms with Gasteiger partial charge in [0, 0.05) is 6.20 Å². The third-order valence-corrected chi connectivity index (χ3v) is 5.30. The van der Waals surface area contributed by atoms with Gasteiger partial charge >= 0.3 is 0 Å². The van der Waals surface area contributed by atoms with Gasteiger partial charge in [-0.1, -0.05) is 53.8 Å². The summed E-state index contributed by atoms with van der Waals surface area (Å²) >= 11 is 1.47. The van der Waals surface area contributed by atoms with Crippen molar-refractivity contribution in [2.24, 2.45) is 0 Å². The van der Waals surface area contributed by atoms with E-state index >= 15 is 0 Å². The largest absolute Gasteiger partial charge is 0.296 e. The van der Waals surface area contributed by atoms with Crippen LogP contribution in [0.15, 0.2) is 66.9 Å². The van der Waals surface area contributed by atoms with Gasteiger partial charge in [0.25, 0.3) is 5.91 Å². The molecule has 2 aromatic carbocycles. The number of fused-ring (bicyclic) bond motifs is 1. The third-order valence-electron chi connectivity index (χ3n) is 4.37. The second-order valence-corrected chi connectivity index (χ2v) is 7.51. The van der Waals surface area contributed by atoms with Gasteiger partial charge in [0.2, 0.25) is 0 Å². The highest BCUT2D eigenvalue weighted by atomic mass is 32.1. The van der Waals surface area contributed by atoms with Crippen molar-refractivity contribution < 1.29 is 4.79 Å². The van der Waals surface area contributed by atoms with Crippen LogP contribution in [0.1, 0.15) is 27.2 Å². The van der Waals surface area contributed by atoms with Crippen LogP contribution in [-0.2, 0) is 12.8 Å². The number of hydrogen-bond donors (Lipinski definition) is 1. The standard InChI is InChI=1S/C22H19N3OS/c1-15-7-11-18-20(13-15)27-22(24-18)25-21(26)19-12-10-17(14-23-19)9-8-16-5-3-2-4-6-16/h2-7,10-14H,8-9H2,1H3,(H,24,25,26). The smallest absolute Gasteiger partial charge is 0.276 e. The Bertz CT molecular complexity index is 1070. The monoisotopic (exact) mass is 373 g/mol. The molecule has 0 aliphatic heterocycles. The fourth-order valence-electron chi connectivity index (χ4n) is 2.89. The Kier molecular flexibility index (Phi) is 4.94. The van der Waals surface area contributed by atoms with Crippen LogP contribution in [0.4, 0.5) is 5.13 Å². The summed E-state index contributed by atoms with van der Waals surface area (Å²) in [6, 6.07) is 20.1. The summed E-state index contributed by atoms with van der Waals surface area (Å²) in [7, 11) is 0. The van der Waals surface area contributed by atoms with E-state index in [0.717, 1.165) is 28.6 Å². The van der Waals surface area contributed by atoms with E-state index in [1.54, 1.807) is 12.3 Å². The lowest BCUT2D eigenvalue weighted by Gasteiger charge is -2.04. The van der Waals surface area contributed by atoms with Crippen LogP contribution in [-0.4, -0.2) is 15.9 Å². The van der Waals surface area contributed by atoms with Crippen molar-refractivity contribution in [1.29, 1.82) is 0 Å². The number of nitrogens with zero attached hydrogens (tertiary/aromatic N) is 2. The number of aryl methyl sites for hydroxylation is 3. The van der Waals surface area contributed by atoms with Crippen molar-refractivity contribution in [3.05, 3.63) is 89.2 Å². The second kappa shape index (κ2) is 7.68. The number of thiazole rings is 1. The summed E-state index contributed by atoms with van der Waals surface area (Å²) in [6.45, 7) is 2.04. The average Bonchev–Trinajstić information content (AvgIpc) is 3.09. The Morgan fingerprint density at radius 1 is 1.00 bits per heavy atom. The molecule has 27 heavy (non-hydrogen) atoms. The molecule has 0 radical (unpaired) electrons. The summed E-state index contributed by atoms with van der Waals surface area (Å²) < 4.78 is 1.06. The van der Waals surface area contributed by atoms with E-state index in [0.29, 0.717) is 10.8 Å². The number of amides is 1. The van der Waals surface area contributed by atoms with Gasteiger partial charge in [0.05, 0.1) is 10.2 Å². The molecule has 0 aliphatic rings. The first-order chi connectivity index (χ1) is 13.2. The van der Waals surface area contributed by atoms with Gasteiger partial charge in [0.15, 0.2) is 5.13 Å². The molecule has 134 valence electrons. The number of benzene rings is 2. The lowest BCUT2D eigenvalue weighted by Crippen LogP contribution is -2.13. The maximum absolute atomic E-state index is 12.4. The highest BCUT2D eigenvalue weighted by Gasteiger charge is 2.11. The van der Waals surface area contributed by atoms with Gasteiger partial charge in [-0.3, -0.25) is 15.1 Å². The van der Waals surface area contributed by atoms with Gasteiger partial charge in [0.1, 0.15) is 5.69 Å². The number of hydrogen-bond acceptors (Lipinski definition) is 4. The zero-order valence-electron chi connectivity index (χ0n) is 15.0. The lowest BCUT2D eigenvalue weighted by molar-refractivity contribution is 0.102. The number of aromatic nitrogens is 2. The maximum Gasteiger partial charge on any atom is 0.276 e. The minimum Gasteiger partial charge on any atom is -0.296 e. The molecule has 0 fully saturated rings. The van der Waals surface area contributed by atoms with Crippen molar-refractivity contribution >= 4 is 32.6 Å². The number of carbonyl (C=O) groups is 1. The van der Waals surface area contributed by atoms with Crippen molar-refractivity contribution in [2.45, 2.75) is 19.8 Å². The Hall–Kier alpha value is -3.05. The molecule has 0 atom stereocenters. The Morgan fingerprint density at radius 2 is 1.81 bits per heavy atom. The molecule has 0 saturated carbocycles. The molecule has 1 amide bonds. The Labute approximate surface area is 161 Å². The van der Waals surface area contributed by atoms with Gasteiger partial charge in [-0.05, 0) is 54.7 Å². The topological polar surface area (TPSA) is 54.9 Å². The highest BCUT2D eigenvalue weighted by molar-refractivity contribution is 7.22. The Morgan fingerprint density at radius 3 is 2.59 bits per heavy atom. The van der Waals surface area contributed by atoms with Gasteiger partial charge < -0.3 is 0 Å². The van der Waals surface area contributed by atoms with Crippen molar-refractivity contribution in [3.8, 4) is 0 Å². The van der Waals surface area contributed by atoms with E-state index in [4.69, 9.17) is 0 Å². The molecule has 0 aliphatic carbocycles. The molecule has 4 nitrogen and oxygen atoms in total. The minimum atomic E-state index is -0.236. The predicted octanol–water partition coefficient (Wildman–Crippen LogP) is 5.04. The van der Waals surface area contributed by atoms with Crippen molar-refractivity contribution in [1.82, 2.24) is 9.97 Å². The Balaban J connectivity index is 1.41. The summed E-state index contributed by atoms with van der Waals surface area (Å²) in [6.07, 6.45) is 3.63. The van der Waals surface area contributed by atoms with Crippen LogP contribution in [0.2, 0.25) is 0 Å². The van der Waals surface area contributed by atoms with Crippen molar-refractivity contribution in [2.75, 3.05) is 5.32 Å². The summed E-state index contributed by atoms with van der Waals surface area (Å²) in [4.78, 5) is 21.2. The molecule has 0 saturated heterocycles. The molecule has 2 aromatic heterocycles. The third kappa shape index (κ3) is 4.20. The first-order valence-corrected chi connectivity index (χ1v) is 9.66. The van der Waals surface area contributed by atoms with E-state index < -0.39 is 0 Å². The minimum absolute atomic E-state index is 0.236. The van der Waals surface area contributed by atoms with E-state index in [1.807, 2.05) is 43.3 Å². The number of pyridine rings is 1. The fourth-order valence-corrected chi connectivity index (χ4v) is 3.85. The van der Waals surface area contributed by atoms with Crippen LogP contribution in [0.25, 0.3) is 10.2 Å². The van der Waals surface area contributed by atoms with Crippen molar-refractivity contribution in [3.63, 3.8) is 0 Å². The van der Waals surface area contributed by atoms with E-state index in [9.17, 15) is 4.79 Å². The molecule has 0 spiro atoms. The number of nitrogens with one attached hydrogen (secondary N) is 1. The summed E-state index contributed by atoms with van der Waals surface area (Å²) in [5, 5.41) is 3.44. The molecule has 1 N–H and O–H groups in total. The highest BCUT2D eigenvalue weighted by Crippen LogP contribution is 2.26. The van der Waals surface area contributed by atoms with Crippen LogP contribution in [0.3, 0.4) is 0 Å². The first kappa shape index (κ1) is 17.4. The molecule has 5 heteroatoms. The molecular formula is C22H19N3OS. The van der Waals surface area contributed by atoms with Crippen LogP contribution < -0.4 is 5.32 Å². The van der Waals surface area contributed by atoms with E-state index in [1.165, 1.54) is 22.5 Å². The van der Waals surface area contributed by atoms with Gasteiger partial charge in [-0.25, -0.2) is 4.98 Å². The molecule has 0 bridgehead atoms. The molecule has 4 rings (SSSR count). The molecular weight excluding hydrogens is 354 g/mol. The average molecular weight is 373 g/mol. The number of carbonyl (C=O) groups excluding carboxylic acids is 1. The van der Waals surface area contributed by atoms with Gasteiger partial charge in [-0.2, -0.15) is 0 Å². The van der Waals surface area contributed by atoms with Crippen LogP contribution in [0.5, 0.6) is 0 Å². The predicted molar refractivity (Wildman–Crippen MR) is 110 cm³/mol. The quantitative estimate of drug-likeness (QED) is 0.533. The van der Waals surface area contributed by atoms with E-state index in [-0.39, 0.29) is 5.91 Å². The SMILES string of the molecule is Cc1ccc2nc(NC(=O)c3ccc(CCc4ccccc4)cn3)sc2c1. The lowest BCUT2D eigenvalue weighted by atomic mass is 10.1. The van der Waals surface area contributed by atoms with Crippen LogP contribution in [0, 0.1) is 6.92 Å². The van der Waals surface area contributed by atoms with Gasteiger partial charge in [-0.15, -0.1) is 0 Å². The normalized spacial score (nSPS) is 10.9. The fraction of sp³-hybridized carbons (Fsp3) is 0.136. The van der Waals surface area contributed by atoms with E-state index in [2.05, 4.69) is 33.5 Å². The summed E-state index contributed by atoms with van der Waals surface area (Å²) in [5.74, 6) is -0.236. The zero-order chi connectivity index (χ0) is 18.6. The molecule has 2 heterocycles. The number of rotatable bonds is 5. The van der Waals surface area contributed by atoms with Crippen LogP contribution >= 0.6 is 11.3 Å². The zero-order valence-corrected chi connectivity index (χ0v) is 15.8. The molecule has 0 unspecified atom stereocenters.